The van der Waals surface area contributed by atoms with Crippen molar-refractivity contribution in [3.63, 3.8) is 0 Å². The highest BCUT2D eigenvalue weighted by Gasteiger charge is 2.43. The van der Waals surface area contributed by atoms with E-state index in [1.54, 1.807) is 36.1 Å². The van der Waals surface area contributed by atoms with E-state index in [-0.39, 0.29) is 17.9 Å². The number of esters is 1. The number of aromatic nitrogens is 2. The van der Waals surface area contributed by atoms with Crippen molar-refractivity contribution in [3.8, 4) is 17.0 Å². The molecule has 0 saturated carbocycles. The van der Waals surface area contributed by atoms with E-state index in [0.29, 0.717) is 30.2 Å². The number of nitrogens with one attached hydrogen (secondary N) is 1. The summed E-state index contributed by atoms with van der Waals surface area (Å²) in [6, 6.07) is 22.4. The minimum absolute atomic E-state index is 0.177. The van der Waals surface area contributed by atoms with Gasteiger partial charge in [0.25, 0.3) is 5.91 Å². The largest absolute Gasteiger partial charge is 0.494 e. The van der Waals surface area contributed by atoms with Crippen LogP contribution in [-0.4, -0.2) is 35.3 Å². The van der Waals surface area contributed by atoms with Crippen LogP contribution < -0.4 is 9.64 Å². The van der Waals surface area contributed by atoms with Crippen LogP contribution in [0.5, 0.6) is 5.75 Å². The van der Waals surface area contributed by atoms with E-state index in [0.717, 1.165) is 33.7 Å². The van der Waals surface area contributed by atoms with Gasteiger partial charge in [0.15, 0.2) is 0 Å². The number of aryl methyl sites for hydroxylation is 1. The molecule has 1 amide bonds. The van der Waals surface area contributed by atoms with Crippen molar-refractivity contribution < 1.29 is 19.1 Å². The second-order valence-corrected chi connectivity index (χ2v) is 8.57. The molecule has 1 aromatic heterocycles. The first-order chi connectivity index (χ1) is 17.5. The first kappa shape index (κ1) is 23.4. The summed E-state index contributed by atoms with van der Waals surface area (Å²) >= 11 is 0. The third kappa shape index (κ3) is 4.13. The second kappa shape index (κ2) is 9.70. The van der Waals surface area contributed by atoms with Crippen LogP contribution in [0.2, 0.25) is 0 Å². The van der Waals surface area contributed by atoms with E-state index >= 15 is 0 Å². The molecule has 0 spiro atoms. The summed E-state index contributed by atoms with van der Waals surface area (Å²) in [5.41, 5.74) is 6.11. The molecule has 2 heterocycles. The predicted molar refractivity (Wildman–Crippen MR) is 137 cm³/mol. The molecule has 0 aliphatic carbocycles. The molecule has 1 aliphatic heterocycles. The van der Waals surface area contributed by atoms with Crippen molar-refractivity contribution in [3.05, 3.63) is 101 Å². The van der Waals surface area contributed by atoms with Crippen LogP contribution in [0.15, 0.2) is 72.8 Å². The molecule has 0 bridgehead atoms. The molecule has 0 saturated heterocycles. The highest BCUT2D eigenvalue weighted by molar-refractivity contribution is 6.12. The fourth-order valence-electron chi connectivity index (χ4n) is 4.55. The van der Waals surface area contributed by atoms with E-state index in [9.17, 15) is 9.59 Å². The Bertz CT molecular complexity index is 1390. The van der Waals surface area contributed by atoms with Gasteiger partial charge in [0.05, 0.1) is 30.5 Å². The third-order valence-corrected chi connectivity index (χ3v) is 6.26. The van der Waals surface area contributed by atoms with E-state index in [1.165, 1.54) is 0 Å². The second-order valence-electron chi connectivity index (χ2n) is 8.57. The van der Waals surface area contributed by atoms with Gasteiger partial charge in [-0.1, -0.05) is 29.8 Å². The Balaban J connectivity index is 1.60. The molecule has 1 aliphatic rings. The maximum absolute atomic E-state index is 13.7. The van der Waals surface area contributed by atoms with Gasteiger partial charge in [-0.05, 0) is 74.9 Å². The van der Waals surface area contributed by atoms with Gasteiger partial charge in [0, 0.05) is 16.8 Å². The molecule has 7 heteroatoms. The molecule has 36 heavy (non-hydrogen) atoms. The minimum Gasteiger partial charge on any atom is -0.494 e. The number of H-pyrrole nitrogens is 1. The number of anilines is 1. The zero-order chi connectivity index (χ0) is 25.2. The van der Waals surface area contributed by atoms with E-state index in [1.807, 2.05) is 62.4 Å². The summed E-state index contributed by atoms with van der Waals surface area (Å²) in [6.45, 7) is 6.64. The summed E-state index contributed by atoms with van der Waals surface area (Å²) in [5.74, 6) is 0.214. The van der Waals surface area contributed by atoms with Crippen molar-refractivity contribution in [1.82, 2.24) is 10.2 Å². The third-order valence-electron chi connectivity index (χ3n) is 6.26. The number of carbonyl (C=O) groups is 2. The van der Waals surface area contributed by atoms with Crippen molar-refractivity contribution in [1.29, 1.82) is 0 Å². The van der Waals surface area contributed by atoms with Crippen molar-refractivity contribution in [2.75, 3.05) is 18.1 Å². The lowest BCUT2D eigenvalue weighted by Gasteiger charge is -2.26. The molecule has 1 atom stereocenters. The summed E-state index contributed by atoms with van der Waals surface area (Å²) in [7, 11) is 0. The quantitative estimate of drug-likeness (QED) is 0.342. The average molecular weight is 482 g/mol. The Morgan fingerprint density at radius 3 is 2.28 bits per heavy atom. The zero-order valence-electron chi connectivity index (χ0n) is 20.4. The van der Waals surface area contributed by atoms with Gasteiger partial charge < -0.3 is 9.47 Å². The number of fused-ring (bicyclic) bond motifs is 1. The minimum atomic E-state index is -0.390. The van der Waals surface area contributed by atoms with Crippen LogP contribution in [0, 0.1) is 6.92 Å². The smallest absolute Gasteiger partial charge is 0.338 e. The zero-order valence-corrected chi connectivity index (χ0v) is 20.4. The molecule has 1 N–H and O–H groups in total. The normalized spacial score (nSPS) is 14.6. The number of nitrogens with zero attached hydrogens (tertiary/aromatic N) is 2. The summed E-state index contributed by atoms with van der Waals surface area (Å²) in [5, 5.41) is 7.52. The Morgan fingerprint density at radius 1 is 0.944 bits per heavy atom. The lowest BCUT2D eigenvalue weighted by molar-refractivity contribution is 0.0526. The van der Waals surface area contributed by atoms with Crippen LogP contribution in [-0.2, 0) is 4.74 Å². The van der Waals surface area contributed by atoms with Gasteiger partial charge in [-0.3, -0.25) is 14.8 Å². The van der Waals surface area contributed by atoms with Crippen molar-refractivity contribution in [2.24, 2.45) is 0 Å². The van der Waals surface area contributed by atoms with Gasteiger partial charge in [-0.15, -0.1) is 0 Å². The van der Waals surface area contributed by atoms with Crippen molar-refractivity contribution >= 4 is 17.6 Å². The van der Waals surface area contributed by atoms with Gasteiger partial charge in [-0.2, -0.15) is 5.10 Å². The number of amides is 1. The number of carbonyl (C=O) groups excluding carboxylic acids is 2. The standard InChI is InChI=1S/C29H27N3O4/c1-4-35-23-16-12-19(13-17-23)25-24-26(31-30-25)28(33)32(27(24)20-8-6-18(3)7-9-20)22-14-10-21(11-15-22)29(34)36-5-2/h6-17,27H,4-5H2,1-3H3,(H,30,31)/t27-/m0/s1. The summed E-state index contributed by atoms with van der Waals surface area (Å²) in [4.78, 5) is 27.6. The predicted octanol–water partition coefficient (Wildman–Crippen LogP) is 5.71. The molecule has 3 aromatic carbocycles. The molecular formula is C29H27N3O4. The average Bonchev–Trinajstić information content (AvgIpc) is 3.44. The number of aromatic amines is 1. The van der Waals surface area contributed by atoms with Crippen molar-refractivity contribution in [2.45, 2.75) is 26.8 Å². The van der Waals surface area contributed by atoms with Crippen LogP contribution >= 0.6 is 0 Å². The molecular weight excluding hydrogens is 454 g/mol. The van der Waals surface area contributed by atoms with Gasteiger partial charge in [-0.25, -0.2) is 4.79 Å². The van der Waals surface area contributed by atoms with Crippen LogP contribution in [0.3, 0.4) is 0 Å². The molecule has 182 valence electrons. The maximum atomic E-state index is 13.7. The molecule has 0 radical (unpaired) electrons. The topological polar surface area (TPSA) is 84.5 Å². The molecule has 0 fully saturated rings. The van der Waals surface area contributed by atoms with Gasteiger partial charge in [0.2, 0.25) is 0 Å². The molecule has 7 nitrogen and oxygen atoms in total. The Kier molecular flexibility index (Phi) is 6.29. The Hall–Kier alpha value is -4.39. The number of hydrogen-bond acceptors (Lipinski definition) is 5. The van der Waals surface area contributed by atoms with Gasteiger partial charge >= 0.3 is 5.97 Å². The SMILES string of the molecule is CCOC(=O)c1ccc(N2C(=O)c3[nH]nc(-c4ccc(OCC)cc4)c3[C@@H]2c2ccc(C)cc2)cc1. The molecule has 5 rings (SSSR count). The highest BCUT2D eigenvalue weighted by Crippen LogP contribution is 2.45. The van der Waals surface area contributed by atoms with Crippen LogP contribution in [0.1, 0.15) is 57.4 Å². The lowest BCUT2D eigenvalue weighted by atomic mass is 9.95. The van der Waals surface area contributed by atoms with E-state index < -0.39 is 0 Å². The first-order valence-electron chi connectivity index (χ1n) is 12.0. The molecule has 0 unspecified atom stereocenters. The maximum Gasteiger partial charge on any atom is 0.338 e. The number of ether oxygens (including phenoxy) is 2. The van der Waals surface area contributed by atoms with E-state index in [2.05, 4.69) is 10.2 Å². The number of benzene rings is 3. The monoisotopic (exact) mass is 481 g/mol. The lowest BCUT2D eigenvalue weighted by Crippen LogP contribution is -2.29. The van der Waals surface area contributed by atoms with Crippen LogP contribution in [0.4, 0.5) is 5.69 Å². The summed E-state index contributed by atoms with van der Waals surface area (Å²) in [6.07, 6.45) is 0. The molecule has 4 aromatic rings. The van der Waals surface area contributed by atoms with Gasteiger partial charge in [0.1, 0.15) is 11.4 Å². The fraction of sp³-hybridized carbons (Fsp3) is 0.207. The van der Waals surface area contributed by atoms with Crippen LogP contribution in [0.25, 0.3) is 11.3 Å². The van der Waals surface area contributed by atoms with E-state index in [4.69, 9.17) is 9.47 Å². The Morgan fingerprint density at radius 2 is 1.64 bits per heavy atom. The Labute approximate surface area is 209 Å². The fourth-order valence-corrected chi connectivity index (χ4v) is 4.55. The number of hydrogen-bond donors (Lipinski definition) is 1. The number of rotatable bonds is 7. The first-order valence-corrected chi connectivity index (χ1v) is 12.0. The summed E-state index contributed by atoms with van der Waals surface area (Å²) < 4.78 is 10.7. The highest BCUT2D eigenvalue weighted by atomic mass is 16.5.